The number of hydrogen-bond acceptors (Lipinski definition) is 2. The monoisotopic (exact) mass is 361 g/mol. The fourth-order valence-corrected chi connectivity index (χ4v) is 1.56. The lowest BCUT2D eigenvalue weighted by Gasteiger charge is -2.15. The van der Waals surface area contributed by atoms with Gasteiger partial charge < -0.3 is 10.1 Å². The minimum Gasteiger partial charge on any atom is -0.405 e. The van der Waals surface area contributed by atoms with Crippen LogP contribution in [0.25, 0.3) is 0 Å². The Morgan fingerprint density at radius 3 is 2.40 bits per heavy atom. The summed E-state index contributed by atoms with van der Waals surface area (Å²) in [6, 6.07) is 3.25. The van der Waals surface area contributed by atoms with Crippen molar-refractivity contribution in [2.45, 2.75) is 19.2 Å². The van der Waals surface area contributed by atoms with E-state index < -0.39 is 36.0 Å². The van der Waals surface area contributed by atoms with Crippen molar-refractivity contribution < 1.29 is 31.5 Å². The standard InChI is InChI=1S/C11H9BrF5NO2/c1-10(13,14)5-18-9(19)7-3-2-6(12)4-8(7)20-11(15,16)17/h2-4H,5H2,1H3,(H,18,19). The fraction of sp³-hybridized carbons (Fsp3) is 0.364. The van der Waals surface area contributed by atoms with Crippen molar-refractivity contribution in [2.24, 2.45) is 0 Å². The Balaban J connectivity index is 2.96. The molecule has 0 aliphatic rings. The summed E-state index contributed by atoms with van der Waals surface area (Å²) >= 11 is 2.92. The van der Waals surface area contributed by atoms with Crippen LogP contribution in [-0.4, -0.2) is 24.7 Å². The molecule has 0 fully saturated rings. The van der Waals surface area contributed by atoms with Gasteiger partial charge in [0.1, 0.15) is 5.75 Å². The number of ether oxygens (including phenoxy) is 1. The van der Waals surface area contributed by atoms with E-state index in [1.807, 2.05) is 5.32 Å². The van der Waals surface area contributed by atoms with E-state index in [0.29, 0.717) is 6.92 Å². The van der Waals surface area contributed by atoms with E-state index in [2.05, 4.69) is 20.7 Å². The van der Waals surface area contributed by atoms with Crippen molar-refractivity contribution in [2.75, 3.05) is 6.54 Å². The number of nitrogens with one attached hydrogen (secondary N) is 1. The lowest BCUT2D eigenvalue weighted by Crippen LogP contribution is -2.35. The van der Waals surface area contributed by atoms with E-state index in [4.69, 9.17) is 0 Å². The first kappa shape index (κ1) is 16.7. The number of amides is 1. The van der Waals surface area contributed by atoms with Crippen LogP contribution in [0.15, 0.2) is 22.7 Å². The molecule has 1 rings (SSSR count). The van der Waals surface area contributed by atoms with Crippen LogP contribution >= 0.6 is 15.9 Å². The van der Waals surface area contributed by atoms with Crippen molar-refractivity contribution in [3.8, 4) is 5.75 Å². The summed E-state index contributed by atoms with van der Waals surface area (Å²) in [5.41, 5.74) is -0.491. The highest BCUT2D eigenvalue weighted by Crippen LogP contribution is 2.29. The molecule has 0 atom stereocenters. The smallest absolute Gasteiger partial charge is 0.405 e. The Labute approximate surface area is 119 Å². The average molecular weight is 362 g/mol. The topological polar surface area (TPSA) is 38.3 Å². The SMILES string of the molecule is CC(F)(F)CNC(=O)c1ccc(Br)cc1OC(F)(F)F. The lowest BCUT2D eigenvalue weighted by molar-refractivity contribution is -0.274. The van der Waals surface area contributed by atoms with E-state index in [-0.39, 0.29) is 4.47 Å². The summed E-state index contributed by atoms with van der Waals surface area (Å²) < 4.78 is 65.7. The third kappa shape index (κ3) is 5.72. The molecular formula is C11H9BrF5NO2. The first-order chi connectivity index (χ1) is 8.98. The summed E-state index contributed by atoms with van der Waals surface area (Å²) in [6.07, 6.45) is -5.00. The molecule has 0 aliphatic heterocycles. The highest BCUT2D eigenvalue weighted by atomic mass is 79.9. The molecule has 1 aromatic rings. The zero-order chi connectivity index (χ0) is 15.6. The molecule has 1 N–H and O–H groups in total. The van der Waals surface area contributed by atoms with E-state index in [0.717, 1.165) is 12.1 Å². The molecule has 3 nitrogen and oxygen atoms in total. The first-order valence-corrected chi connectivity index (χ1v) is 5.98. The molecule has 0 unspecified atom stereocenters. The summed E-state index contributed by atoms with van der Waals surface area (Å²) in [5.74, 6) is -5.03. The van der Waals surface area contributed by atoms with Crippen LogP contribution in [-0.2, 0) is 0 Å². The molecule has 1 aromatic carbocycles. The summed E-state index contributed by atoms with van der Waals surface area (Å²) in [7, 11) is 0. The van der Waals surface area contributed by atoms with Crippen LogP contribution in [0.5, 0.6) is 5.75 Å². The van der Waals surface area contributed by atoms with Gasteiger partial charge in [0.2, 0.25) is 0 Å². The predicted octanol–water partition coefficient (Wildman–Crippen LogP) is 3.73. The summed E-state index contributed by atoms with van der Waals surface area (Å²) in [5, 5.41) is 1.83. The second-order valence-corrected chi connectivity index (χ2v) is 4.86. The van der Waals surface area contributed by atoms with Gasteiger partial charge in [0.15, 0.2) is 0 Å². The van der Waals surface area contributed by atoms with Crippen molar-refractivity contribution in [1.82, 2.24) is 5.32 Å². The van der Waals surface area contributed by atoms with Gasteiger partial charge in [-0.1, -0.05) is 15.9 Å². The fourth-order valence-electron chi connectivity index (χ4n) is 1.22. The number of benzene rings is 1. The maximum absolute atomic E-state index is 12.6. The highest BCUT2D eigenvalue weighted by Gasteiger charge is 2.33. The van der Waals surface area contributed by atoms with Crippen molar-refractivity contribution >= 4 is 21.8 Å². The van der Waals surface area contributed by atoms with Gasteiger partial charge in [0.05, 0.1) is 12.1 Å². The lowest BCUT2D eigenvalue weighted by atomic mass is 10.2. The molecule has 0 spiro atoms. The Morgan fingerprint density at radius 2 is 1.90 bits per heavy atom. The largest absolute Gasteiger partial charge is 0.573 e. The van der Waals surface area contributed by atoms with Crippen molar-refractivity contribution in [3.05, 3.63) is 28.2 Å². The third-order valence-corrected chi connectivity index (χ3v) is 2.47. The second kappa shape index (κ2) is 5.94. The Kier molecular flexibility index (Phi) is 4.95. The van der Waals surface area contributed by atoms with Crippen molar-refractivity contribution in [3.63, 3.8) is 0 Å². The Bertz CT molecular complexity index is 499. The van der Waals surface area contributed by atoms with E-state index in [9.17, 15) is 26.7 Å². The molecule has 9 heteroatoms. The first-order valence-electron chi connectivity index (χ1n) is 5.19. The zero-order valence-corrected chi connectivity index (χ0v) is 11.6. The van der Waals surface area contributed by atoms with Gasteiger partial charge in [0.25, 0.3) is 11.8 Å². The highest BCUT2D eigenvalue weighted by molar-refractivity contribution is 9.10. The normalized spacial score (nSPS) is 12.2. The number of carbonyl (C=O) groups is 1. The van der Waals surface area contributed by atoms with Gasteiger partial charge in [-0.05, 0) is 18.2 Å². The number of rotatable bonds is 4. The molecular weight excluding hydrogens is 353 g/mol. The van der Waals surface area contributed by atoms with Crippen LogP contribution in [0.4, 0.5) is 22.0 Å². The van der Waals surface area contributed by atoms with Crippen LogP contribution in [0.2, 0.25) is 0 Å². The molecule has 0 saturated heterocycles. The van der Waals surface area contributed by atoms with Gasteiger partial charge in [-0.2, -0.15) is 0 Å². The minimum atomic E-state index is -5.00. The van der Waals surface area contributed by atoms with Crippen LogP contribution in [0.1, 0.15) is 17.3 Å². The number of hydrogen-bond donors (Lipinski definition) is 1. The van der Waals surface area contributed by atoms with E-state index in [1.54, 1.807) is 0 Å². The maximum atomic E-state index is 12.6. The molecule has 112 valence electrons. The van der Waals surface area contributed by atoms with Gasteiger partial charge in [0, 0.05) is 11.4 Å². The average Bonchev–Trinajstić information content (AvgIpc) is 2.22. The van der Waals surface area contributed by atoms with Gasteiger partial charge in [-0.25, -0.2) is 8.78 Å². The summed E-state index contributed by atoms with van der Waals surface area (Å²) in [6.45, 7) is -0.421. The minimum absolute atomic E-state index is 0.245. The predicted molar refractivity (Wildman–Crippen MR) is 63.8 cm³/mol. The number of alkyl halides is 5. The van der Waals surface area contributed by atoms with Crippen LogP contribution in [0, 0.1) is 0 Å². The summed E-state index contributed by atoms with van der Waals surface area (Å²) in [4.78, 5) is 11.6. The molecule has 1 amide bonds. The molecule has 0 heterocycles. The van der Waals surface area contributed by atoms with Gasteiger partial charge in [-0.3, -0.25) is 4.79 Å². The van der Waals surface area contributed by atoms with Crippen LogP contribution in [0.3, 0.4) is 0 Å². The van der Waals surface area contributed by atoms with Gasteiger partial charge >= 0.3 is 6.36 Å². The van der Waals surface area contributed by atoms with Crippen LogP contribution < -0.4 is 10.1 Å². The Morgan fingerprint density at radius 1 is 1.30 bits per heavy atom. The van der Waals surface area contributed by atoms with Crippen molar-refractivity contribution in [1.29, 1.82) is 0 Å². The molecule has 0 saturated carbocycles. The van der Waals surface area contributed by atoms with Gasteiger partial charge in [-0.15, -0.1) is 13.2 Å². The number of carbonyl (C=O) groups excluding carboxylic acids is 1. The zero-order valence-electron chi connectivity index (χ0n) is 10.0. The van der Waals surface area contributed by atoms with E-state index >= 15 is 0 Å². The maximum Gasteiger partial charge on any atom is 0.573 e. The number of halogens is 6. The molecule has 20 heavy (non-hydrogen) atoms. The quantitative estimate of drug-likeness (QED) is 0.829. The molecule has 0 bridgehead atoms. The third-order valence-electron chi connectivity index (χ3n) is 1.97. The second-order valence-electron chi connectivity index (χ2n) is 3.94. The Hall–Kier alpha value is -1.38. The molecule has 0 radical (unpaired) electrons. The molecule has 0 aliphatic carbocycles. The molecule has 0 aromatic heterocycles. The van der Waals surface area contributed by atoms with E-state index in [1.165, 1.54) is 6.07 Å².